The fourth-order valence-corrected chi connectivity index (χ4v) is 3.30. The number of aromatic nitrogens is 2. The summed E-state index contributed by atoms with van der Waals surface area (Å²) in [6.07, 6.45) is 2.55. The first kappa shape index (κ1) is 17.0. The van der Waals surface area contributed by atoms with E-state index in [4.69, 9.17) is 4.74 Å². The molecule has 0 aliphatic carbocycles. The molecule has 1 aromatic rings. The van der Waals surface area contributed by atoms with Crippen molar-refractivity contribution in [2.24, 2.45) is 16.7 Å². The monoisotopic (exact) mass is 308 g/mol. The molecule has 3 atom stereocenters. The van der Waals surface area contributed by atoms with Crippen molar-refractivity contribution in [1.82, 2.24) is 9.55 Å². The second kappa shape index (κ2) is 5.69. The van der Waals surface area contributed by atoms with E-state index in [-0.39, 0.29) is 22.5 Å². The molecule has 0 amide bonds. The highest BCUT2D eigenvalue weighted by Gasteiger charge is 2.44. The molecule has 0 spiro atoms. The zero-order valence-corrected chi connectivity index (χ0v) is 14.5. The number of aromatic amines is 1. The van der Waals surface area contributed by atoms with Crippen molar-refractivity contribution < 1.29 is 4.74 Å². The number of hydrogen-bond donors (Lipinski definition) is 1. The Labute approximate surface area is 131 Å². The van der Waals surface area contributed by atoms with Gasteiger partial charge in [0.25, 0.3) is 5.56 Å². The second-order valence-corrected chi connectivity index (χ2v) is 8.59. The summed E-state index contributed by atoms with van der Waals surface area (Å²) < 4.78 is 7.38. The van der Waals surface area contributed by atoms with Gasteiger partial charge < -0.3 is 9.72 Å². The molecule has 0 aromatic carbocycles. The topological polar surface area (TPSA) is 64.1 Å². The standard InChI is InChI=1S/C17H28N2O3/c1-16(2,3)10-12-11(17(4,5)6)9-14(22-12)19-13(20)7-8-18-15(19)21/h7-8,11-12,14H,9-10H2,1-6H3,(H,18,21)/t11?,12-,14+/m1/s1. The van der Waals surface area contributed by atoms with E-state index >= 15 is 0 Å². The minimum Gasteiger partial charge on any atom is -0.354 e. The van der Waals surface area contributed by atoms with Crippen molar-refractivity contribution in [2.75, 3.05) is 0 Å². The smallest absolute Gasteiger partial charge is 0.330 e. The number of ether oxygens (including phenoxy) is 1. The molecule has 5 nitrogen and oxygen atoms in total. The molecule has 0 bridgehead atoms. The highest BCUT2D eigenvalue weighted by atomic mass is 16.5. The summed E-state index contributed by atoms with van der Waals surface area (Å²) in [5.74, 6) is 0.309. The van der Waals surface area contributed by atoms with Gasteiger partial charge in [0.2, 0.25) is 0 Å². The van der Waals surface area contributed by atoms with Crippen LogP contribution >= 0.6 is 0 Å². The van der Waals surface area contributed by atoms with Crippen LogP contribution in [0.2, 0.25) is 0 Å². The van der Waals surface area contributed by atoms with Gasteiger partial charge in [0, 0.05) is 12.3 Å². The molecule has 2 heterocycles. The predicted molar refractivity (Wildman–Crippen MR) is 86.9 cm³/mol. The minimum atomic E-state index is -0.478. The van der Waals surface area contributed by atoms with E-state index in [2.05, 4.69) is 46.5 Å². The van der Waals surface area contributed by atoms with Crippen LogP contribution in [0.5, 0.6) is 0 Å². The molecule has 1 aromatic heterocycles. The largest absolute Gasteiger partial charge is 0.354 e. The van der Waals surface area contributed by atoms with Crippen molar-refractivity contribution in [3.8, 4) is 0 Å². The fraction of sp³-hybridized carbons (Fsp3) is 0.765. The zero-order chi connectivity index (χ0) is 16.7. The average Bonchev–Trinajstić information content (AvgIpc) is 2.69. The molecule has 5 heteroatoms. The van der Waals surface area contributed by atoms with Gasteiger partial charge in [0.05, 0.1) is 6.10 Å². The Balaban J connectivity index is 2.35. The van der Waals surface area contributed by atoms with Crippen LogP contribution in [0.1, 0.15) is 60.6 Å². The van der Waals surface area contributed by atoms with Gasteiger partial charge in [0.1, 0.15) is 6.23 Å². The molecular weight excluding hydrogens is 280 g/mol. The van der Waals surface area contributed by atoms with Crippen LogP contribution < -0.4 is 11.2 Å². The third-order valence-electron chi connectivity index (χ3n) is 4.34. The molecule has 0 radical (unpaired) electrons. The maximum absolute atomic E-state index is 12.0. The van der Waals surface area contributed by atoms with Gasteiger partial charge in [-0.25, -0.2) is 9.36 Å². The quantitative estimate of drug-likeness (QED) is 0.913. The summed E-state index contributed by atoms with van der Waals surface area (Å²) in [7, 11) is 0. The first-order valence-electron chi connectivity index (χ1n) is 7.95. The van der Waals surface area contributed by atoms with Crippen molar-refractivity contribution in [3.63, 3.8) is 0 Å². The van der Waals surface area contributed by atoms with E-state index in [1.807, 2.05) is 0 Å². The third-order valence-corrected chi connectivity index (χ3v) is 4.34. The van der Waals surface area contributed by atoms with Gasteiger partial charge in [-0.15, -0.1) is 0 Å². The van der Waals surface area contributed by atoms with Crippen LogP contribution in [0.15, 0.2) is 21.9 Å². The molecule has 22 heavy (non-hydrogen) atoms. The molecule has 1 unspecified atom stereocenters. The molecule has 2 rings (SSSR count). The predicted octanol–water partition coefficient (Wildman–Crippen LogP) is 2.92. The first-order chi connectivity index (χ1) is 9.99. The third kappa shape index (κ3) is 3.69. The van der Waals surface area contributed by atoms with Crippen molar-refractivity contribution in [3.05, 3.63) is 33.1 Å². The van der Waals surface area contributed by atoms with E-state index in [0.717, 1.165) is 6.42 Å². The molecule has 124 valence electrons. The van der Waals surface area contributed by atoms with Gasteiger partial charge in [0.15, 0.2) is 0 Å². The minimum absolute atomic E-state index is 0.0523. The Morgan fingerprint density at radius 3 is 2.36 bits per heavy atom. The van der Waals surface area contributed by atoms with Gasteiger partial charge in [-0.3, -0.25) is 4.79 Å². The maximum atomic E-state index is 12.0. The summed E-state index contributed by atoms with van der Waals surface area (Å²) in [4.78, 5) is 26.6. The summed E-state index contributed by atoms with van der Waals surface area (Å²) in [6, 6.07) is 1.37. The highest BCUT2D eigenvalue weighted by Crippen LogP contribution is 2.46. The van der Waals surface area contributed by atoms with E-state index < -0.39 is 11.9 Å². The van der Waals surface area contributed by atoms with Crippen LogP contribution in [0.25, 0.3) is 0 Å². The molecule has 0 saturated carbocycles. The number of nitrogens with one attached hydrogen (secondary N) is 1. The van der Waals surface area contributed by atoms with Gasteiger partial charge in [-0.05, 0) is 29.6 Å². The van der Waals surface area contributed by atoms with E-state index in [1.165, 1.54) is 16.8 Å². The maximum Gasteiger partial charge on any atom is 0.330 e. The fourth-order valence-electron chi connectivity index (χ4n) is 3.30. The number of H-pyrrole nitrogens is 1. The SMILES string of the molecule is CC(C)(C)C[C@H]1O[C@H](n2c(=O)cc[nH]c2=O)CC1C(C)(C)C. The normalized spacial score (nSPS) is 26.4. The average molecular weight is 308 g/mol. The highest BCUT2D eigenvalue weighted by molar-refractivity contribution is 4.93. The van der Waals surface area contributed by atoms with Crippen molar-refractivity contribution >= 4 is 0 Å². The lowest BCUT2D eigenvalue weighted by molar-refractivity contribution is -0.0353. The molecule has 1 saturated heterocycles. The van der Waals surface area contributed by atoms with Crippen LogP contribution in [-0.4, -0.2) is 15.7 Å². The molecule has 1 aliphatic rings. The molecular formula is C17H28N2O3. The molecule has 1 aliphatic heterocycles. The van der Waals surface area contributed by atoms with Crippen molar-refractivity contribution in [2.45, 2.75) is 66.7 Å². The van der Waals surface area contributed by atoms with Gasteiger partial charge in [-0.2, -0.15) is 0 Å². The zero-order valence-electron chi connectivity index (χ0n) is 14.5. The Hall–Kier alpha value is -1.36. The Morgan fingerprint density at radius 1 is 1.23 bits per heavy atom. The summed E-state index contributed by atoms with van der Waals surface area (Å²) in [6.45, 7) is 13.1. The summed E-state index contributed by atoms with van der Waals surface area (Å²) >= 11 is 0. The van der Waals surface area contributed by atoms with E-state index in [0.29, 0.717) is 12.3 Å². The number of hydrogen-bond acceptors (Lipinski definition) is 3. The lowest BCUT2D eigenvalue weighted by Gasteiger charge is -2.33. The van der Waals surface area contributed by atoms with Crippen molar-refractivity contribution in [1.29, 1.82) is 0 Å². The molecule has 1 N–H and O–H groups in total. The van der Waals surface area contributed by atoms with Gasteiger partial charge >= 0.3 is 5.69 Å². The van der Waals surface area contributed by atoms with Crippen LogP contribution in [-0.2, 0) is 4.74 Å². The first-order valence-corrected chi connectivity index (χ1v) is 7.95. The lowest BCUT2D eigenvalue weighted by atomic mass is 9.73. The lowest BCUT2D eigenvalue weighted by Crippen LogP contribution is -2.37. The summed E-state index contributed by atoms with van der Waals surface area (Å²) in [5, 5.41) is 0. The summed E-state index contributed by atoms with van der Waals surface area (Å²) in [5.41, 5.74) is -0.508. The number of nitrogens with zero attached hydrogens (tertiary/aromatic N) is 1. The van der Waals surface area contributed by atoms with Crippen LogP contribution in [0.4, 0.5) is 0 Å². The van der Waals surface area contributed by atoms with Gasteiger partial charge in [-0.1, -0.05) is 41.5 Å². The van der Waals surface area contributed by atoms with E-state index in [9.17, 15) is 9.59 Å². The van der Waals surface area contributed by atoms with Crippen LogP contribution in [0.3, 0.4) is 0 Å². The molecule has 1 fully saturated rings. The van der Waals surface area contributed by atoms with E-state index in [1.54, 1.807) is 0 Å². The Bertz CT molecular complexity index is 603. The second-order valence-electron chi connectivity index (χ2n) is 8.59. The van der Waals surface area contributed by atoms with Crippen LogP contribution in [0, 0.1) is 16.7 Å². The Kier molecular flexibility index (Phi) is 4.39. The Morgan fingerprint density at radius 2 is 1.86 bits per heavy atom. The number of rotatable bonds is 2.